The van der Waals surface area contributed by atoms with Crippen LogP contribution in [0.1, 0.15) is 35.4 Å². The first-order valence-corrected chi connectivity index (χ1v) is 13.9. The Balaban J connectivity index is 1.71. The van der Waals surface area contributed by atoms with Crippen LogP contribution < -0.4 is 0 Å². The lowest BCUT2D eigenvalue weighted by Gasteiger charge is -2.33. The lowest BCUT2D eigenvalue weighted by Crippen LogP contribution is -2.53. The van der Waals surface area contributed by atoms with Crippen molar-refractivity contribution in [1.82, 2.24) is 9.21 Å². The van der Waals surface area contributed by atoms with E-state index >= 15 is 8.78 Å². The highest BCUT2D eigenvalue weighted by molar-refractivity contribution is 7.88. The number of hydrogen-bond acceptors (Lipinski definition) is 4. The third-order valence-corrected chi connectivity index (χ3v) is 8.60. The standard InChI is InChI=1S/C24H23ClF8N2O3S/c1-39(37,38)35-8-6-34(7-9-35)12-14-10-18(26)20(19(21(14)27)13-2-3-13)16-5-4-15(11-17(16)25)22(36,23(28,29)30)24(31,32)33/h4-5,10-11,13,36H,2-3,6-9,12H2,1H3. The van der Waals surface area contributed by atoms with Crippen LogP contribution in [0.5, 0.6) is 0 Å². The Morgan fingerprint density at radius 2 is 1.54 bits per heavy atom. The van der Waals surface area contributed by atoms with Crippen LogP contribution in [-0.2, 0) is 22.2 Å². The topological polar surface area (TPSA) is 60.9 Å². The Hall–Kier alpha value is -2.00. The van der Waals surface area contributed by atoms with E-state index in [0.29, 0.717) is 25.0 Å². The van der Waals surface area contributed by atoms with Crippen molar-refractivity contribution in [3.8, 4) is 11.1 Å². The van der Waals surface area contributed by atoms with Gasteiger partial charge in [-0.25, -0.2) is 17.2 Å². The van der Waals surface area contributed by atoms with Crippen LogP contribution in [0.3, 0.4) is 0 Å². The van der Waals surface area contributed by atoms with Gasteiger partial charge in [0.25, 0.3) is 5.60 Å². The second-order valence-electron chi connectivity index (χ2n) is 9.73. The van der Waals surface area contributed by atoms with Gasteiger partial charge in [0.1, 0.15) is 11.6 Å². The number of halogens is 9. The predicted octanol–water partition coefficient (Wildman–Crippen LogP) is 5.55. The quantitative estimate of drug-likeness (QED) is 0.438. The Morgan fingerprint density at radius 1 is 0.974 bits per heavy atom. The predicted molar refractivity (Wildman–Crippen MR) is 126 cm³/mol. The van der Waals surface area contributed by atoms with Gasteiger partial charge in [-0.15, -0.1) is 0 Å². The molecule has 0 spiro atoms. The van der Waals surface area contributed by atoms with Gasteiger partial charge in [-0.05, 0) is 30.9 Å². The molecule has 1 saturated carbocycles. The summed E-state index contributed by atoms with van der Waals surface area (Å²) < 4.78 is 136. The van der Waals surface area contributed by atoms with Crippen LogP contribution in [0.15, 0.2) is 24.3 Å². The summed E-state index contributed by atoms with van der Waals surface area (Å²) >= 11 is 6.04. The minimum atomic E-state index is -6.14. The summed E-state index contributed by atoms with van der Waals surface area (Å²) in [4.78, 5) is 1.74. The fourth-order valence-electron chi connectivity index (χ4n) is 4.74. The maximum Gasteiger partial charge on any atom is 0.430 e. The number of nitrogens with zero attached hydrogens (tertiary/aromatic N) is 2. The van der Waals surface area contributed by atoms with Crippen molar-refractivity contribution < 1.29 is 48.6 Å². The van der Waals surface area contributed by atoms with Gasteiger partial charge in [0.05, 0.1) is 6.26 Å². The number of aliphatic hydroxyl groups is 1. The molecule has 1 aliphatic carbocycles. The molecule has 216 valence electrons. The molecule has 2 aromatic carbocycles. The summed E-state index contributed by atoms with van der Waals surface area (Å²) in [6, 6.07) is 2.19. The smallest absolute Gasteiger partial charge is 0.369 e. The lowest BCUT2D eigenvalue weighted by molar-refractivity contribution is -0.376. The molecule has 0 bridgehead atoms. The van der Waals surface area contributed by atoms with Gasteiger partial charge < -0.3 is 5.11 Å². The summed E-state index contributed by atoms with van der Waals surface area (Å²) in [5.74, 6) is -2.18. The van der Waals surface area contributed by atoms with Crippen molar-refractivity contribution in [2.75, 3.05) is 32.4 Å². The zero-order chi connectivity index (χ0) is 29.1. The summed E-state index contributed by atoms with van der Waals surface area (Å²) in [6.07, 6.45) is -10.2. The third-order valence-electron chi connectivity index (χ3n) is 6.98. The van der Waals surface area contributed by atoms with E-state index in [1.807, 2.05) is 0 Å². The molecule has 1 N–H and O–H groups in total. The van der Waals surface area contributed by atoms with Crippen molar-refractivity contribution >= 4 is 21.6 Å². The normalized spacial score (nSPS) is 18.5. The molecular formula is C24H23ClF8N2O3S. The number of alkyl halides is 6. The first kappa shape index (κ1) is 30.0. The highest BCUT2D eigenvalue weighted by Gasteiger charge is 2.71. The number of benzene rings is 2. The highest BCUT2D eigenvalue weighted by atomic mass is 35.5. The number of hydrogen-bond donors (Lipinski definition) is 1. The molecule has 2 aromatic rings. The van der Waals surface area contributed by atoms with E-state index in [1.54, 1.807) is 4.90 Å². The van der Waals surface area contributed by atoms with Crippen LogP contribution in [0.2, 0.25) is 5.02 Å². The fourth-order valence-corrected chi connectivity index (χ4v) is 5.84. The maximum absolute atomic E-state index is 15.7. The summed E-state index contributed by atoms with van der Waals surface area (Å²) in [5, 5.41) is 8.93. The van der Waals surface area contributed by atoms with Crippen molar-refractivity contribution in [3.05, 3.63) is 57.6 Å². The van der Waals surface area contributed by atoms with Gasteiger partial charge in [0, 0.05) is 65.6 Å². The molecule has 1 saturated heterocycles. The van der Waals surface area contributed by atoms with Crippen molar-refractivity contribution in [2.45, 2.75) is 43.3 Å². The molecule has 1 aliphatic heterocycles. The van der Waals surface area contributed by atoms with Crippen LogP contribution in [0.4, 0.5) is 35.1 Å². The average molecular weight is 607 g/mol. The van der Waals surface area contributed by atoms with Crippen molar-refractivity contribution in [1.29, 1.82) is 0 Å². The molecule has 2 fully saturated rings. The average Bonchev–Trinajstić information content (AvgIpc) is 3.64. The molecule has 4 rings (SSSR count). The highest BCUT2D eigenvalue weighted by Crippen LogP contribution is 2.52. The molecule has 0 atom stereocenters. The largest absolute Gasteiger partial charge is 0.430 e. The van der Waals surface area contributed by atoms with E-state index in [4.69, 9.17) is 11.6 Å². The van der Waals surface area contributed by atoms with Crippen LogP contribution in [0.25, 0.3) is 11.1 Å². The van der Waals surface area contributed by atoms with Gasteiger partial charge in [0.15, 0.2) is 0 Å². The molecule has 0 unspecified atom stereocenters. The molecule has 0 radical (unpaired) electrons. The Bertz CT molecular complexity index is 1350. The molecule has 15 heteroatoms. The molecule has 5 nitrogen and oxygen atoms in total. The molecule has 39 heavy (non-hydrogen) atoms. The molecule has 0 amide bonds. The Labute approximate surface area is 224 Å². The number of piperazine rings is 1. The van der Waals surface area contributed by atoms with E-state index in [-0.39, 0.29) is 61.0 Å². The summed E-state index contributed by atoms with van der Waals surface area (Å²) in [7, 11) is -3.40. The third kappa shape index (κ3) is 5.63. The second kappa shape index (κ2) is 10.1. The summed E-state index contributed by atoms with van der Waals surface area (Å²) in [5.41, 5.74) is -7.65. The van der Waals surface area contributed by atoms with Crippen molar-refractivity contribution in [3.63, 3.8) is 0 Å². The van der Waals surface area contributed by atoms with Crippen molar-refractivity contribution in [2.24, 2.45) is 0 Å². The number of sulfonamides is 1. The van der Waals surface area contributed by atoms with Gasteiger partial charge in [0.2, 0.25) is 10.0 Å². The van der Waals surface area contributed by atoms with Crippen LogP contribution >= 0.6 is 11.6 Å². The minimum absolute atomic E-state index is 0.0257. The van der Waals surface area contributed by atoms with E-state index in [0.717, 1.165) is 12.3 Å². The SMILES string of the molecule is CS(=O)(=O)N1CCN(Cc2cc(F)c(-c3ccc(C(O)(C(F)(F)F)C(F)(F)F)cc3Cl)c(C3CC3)c2F)CC1. The first-order chi connectivity index (χ1) is 17.9. The van der Waals surface area contributed by atoms with E-state index in [9.17, 15) is 39.9 Å². The van der Waals surface area contributed by atoms with Gasteiger partial charge in [-0.3, -0.25) is 4.90 Å². The molecule has 1 heterocycles. The van der Waals surface area contributed by atoms with Crippen LogP contribution in [0, 0.1) is 11.6 Å². The molecule has 0 aromatic heterocycles. The van der Waals surface area contributed by atoms with E-state index in [2.05, 4.69) is 0 Å². The molecular weight excluding hydrogens is 584 g/mol. The van der Waals surface area contributed by atoms with Gasteiger partial charge in [-0.1, -0.05) is 23.7 Å². The Morgan fingerprint density at radius 3 is 2.00 bits per heavy atom. The Kier molecular flexibility index (Phi) is 7.78. The first-order valence-electron chi connectivity index (χ1n) is 11.7. The number of rotatable bonds is 6. The summed E-state index contributed by atoms with van der Waals surface area (Å²) in [6.45, 7) is 0.824. The van der Waals surface area contributed by atoms with E-state index < -0.39 is 56.1 Å². The van der Waals surface area contributed by atoms with Crippen LogP contribution in [-0.4, -0.2) is 67.5 Å². The van der Waals surface area contributed by atoms with Gasteiger partial charge >= 0.3 is 12.4 Å². The monoisotopic (exact) mass is 606 g/mol. The second-order valence-corrected chi connectivity index (χ2v) is 12.1. The molecule has 2 aliphatic rings. The minimum Gasteiger partial charge on any atom is -0.369 e. The maximum atomic E-state index is 15.7. The lowest BCUT2D eigenvalue weighted by atomic mass is 9.88. The zero-order valence-electron chi connectivity index (χ0n) is 20.3. The van der Waals surface area contributed by atoms with Gasteiger partial charge in [-0.2, -0.15) is 30.6 Å². The van der Waals surface area contributed by atoms with E-state index in [1.165, 1.54) is 4.31 Å². The zero-order valence-corrected chi connectivity index (χ0v) is 21.9. The fraction of sp³-hybridized carbons (Fsp3) is 0.500.